The third-order valence-corrected chi connectivity index (χ3v) is 3.05. The molecule has 4 nitrogen and oxygen atoms in total. The van der Waals surface area contributed by atoms with Crippen LogP contribution in [0.25, 0.3) is 0 Å². The minimum Gasteiger partial charge on any atom is -0.389 e. The fourth-order valence-corrected chi connectivity index (χ4v) is 1.99. The van der Waals surface area contributed by atoms with Crippen molar-refractivity contribution in [1.29, 1.82) is 0 Å². The Balaban J connectivity index is 2.69. The first-order valence-corrected chi connectivity index (χ1v) is 6.81. The number of amides is 2. The number of nitrogens with zero attached hydrogens (tertiary/aromatic N) is 1. The zero-order chi connectivity index (χ0) is 17.1. The molecule has 0 saturated carbocycles. The third-order valence-electron chi connectivity index (χ3n) is 3.05. The van der Waals surface area contributed by atoms with Crippen molar-refractivity contribution in [2.45, 2.75) is 38.6 Å². The molecule has 1 aromatic rings. The number of hydrogen-bond donors (Lipinski definition) is 2. The van der Waals surface area contributed by atoms with Crippen molar-refractivity contribution in [3.05, 3.63) is 35.4 Å². The van der Waals surface area contributed by atoms with Crippen LogP contribution in [-0.4, -0.2) is 35.2 Å². The molecule has 1 atom stereocenters. The van der Waals surface area contributed by atoms with Crippen LogP contribution in [-0.2, 0) is 6.18 Å². The predicted molar refractivity (Wildman–Crippen MR) is 77.3 cm³/mol. The molecule has 0 aliphatic carbocycles. The van der Waals surface area contributed by atoms with E-state index in [-0.39, 0.29) is 6.54 Å². The van der Waals surface area contributed by atoms with Crippen molar-refractivity contribution < 1.29 is 23.1 Å². The highest BCUT2D eigenvalue weighted by Gasteiger charge is 2.30. The van der Waals surface area contributed by atoms with Crippen LogP contribution in [0.1, 0.15) is 37.9 Å². The number of likely N-dealkylation sites (N-methyl/N-ethyl adjacent to an activating group) is 1. The van der Waals surface area contributed by atoms with Crippen molar-refractivity contribution >= 4 is 6.03 Å². The Kier molecular flexibility index (Phi) is 5.45. The second kappa shape index (κ2) is 6.56. The Morgan fingerprint density at radius 1 is 1.27 bits per heavy atom. The first kappa shape index (κ1) is 18.3. The Morgan fingerprint density at radius 2 is 1.77 bits per heavy atom. The number of aliphatic hydroxyl groups is 1. The number of rotatable bonds is 4. The van der Waals surface area contributed by atoms with Gasteiger partial charge in [0.05, 0.1) is 23.8 Å². The molecule has 22 heavy (non-hydrogen) atoms. The van der Waals surface area contributed by atoms with Gasteiger partial charge in [0.25, 0.3) is 0 Å². The maximum absolute atomic E-state index is 12.5. The summed E-state index contributed by atoms with van der Waals surface area (Å²) in [6.45, 7) is 4.98. The number of alkyl halides is 3. The topological polar surface area (TPSA) is 52.6 Å². The molecule has 2 N–H and O–H groups in total. The van der Waals surface area contributed by atoms with E-state index >= 15 is 0 Å². The van der Waals surface area contributed by atoms with E-state index in [4.69, 9.17) is 0 Å². The molecule has 1 unspecified atom stereocenters. The maximum atomic E-state index is 12.5. The van der Waals surface area contributed by atoms with Crippen LogP contribution in [0.5, 0.6) is 0 Å². The van der Waals surface area contributed by atoms with Gasteiger partial charge >= 0.3 is 12.2 Å². The van der Waals surface area contributed by atoms with Crippen molar-refractivity contribution in [3.8, 4) is 0 Å². The van der Waals surface area contributed by atoms with Crippen LogP contribution < -0.4 is 5.32 Å². The first-order chi connectivity index (χ1) is 9.90. The van der Waals surface area contributed by atoms with E-state index in [1.165, 1.54) is 24.1 Å². The Bertz CT molecular complexity index is 507. The molecule has 0 saturated heterocycles. The first-order valence-electron chi connectivity index (χ1n) is 6.81. The van der Waals surface area contributed by atoms with Crippen LogP contribution >= 0.6 is 0 Å². The molecule has 0 heterocycles. The summed E-state index contributed by atoms with van der Waals surface area (Å²) in [5, 5.41) is 12.3. The number of nitrogens with one attached hydrogen (secondary N) is 1. The lowest BCUT2D eigenvalue weighted by Gasteiger charge is -2.27. The van der Waals surface area contributed by atoms with Gasteiger partial charge in [-0.1, -0.05) is 12.1 Å². The van der Waals surface area contributed by atoms with Crippen molar-refractivity contribution in [1.82, 2.24) is 10.2 Å². The Labute approximate surface area is 127 Å². The lowest BCUT2D eigenvalue weighted by atomic mass is 10.1. The highest BCUT2D eigenvalue weighted by molar-refractivity contribution is 5.74. The number of hydrogen-bond acceptors (Lipinski definition) is 2. The summed E-state index contributed by atoms with van der Waals surface area (Å²) in [6.07, 6.45) is -4.38. The van der Waals surface area contributed by atoms with Gasteiger partial charge in [-0.2, -0.15) is 13.2 Å². The molecule has 0 bridgehead atoms. The fourth-order valence-electron chi connectivity index (χ4n) is 1.99. The van der Waals surface area contributed by atoms with Gasteiger partial charge in [0.1, 0.15) is 0 Å². The SMILES string of the molecule is CC(NC(=O)N(C)CC(C)(C)O)c1ccc(C(F)(F)F)cc1. The summed E-state index contributed by atoms with van der Waals surface area (Å²) in [5.41, 5.74) is -1.18. The summed E-state index contributed by atoms with van der Waals surface area (Å²) >= 11 is 0. The van der Waals surface area contributed by atoms with E-state index < -0.39 is 29.4 Å². The average Bonchev–Trinajstić information content (AvgIpc) is 2.35. The minimum atomic E-state index is -4.38. The van der Waals surface area contributed by atoms with Crippen LogP contribution in [0.3, 0.4) is 0 Å². The van der Waals surface area contributed by atoms with E-state index in [9.17, 15) is 23.1 Å². The summed E-state index contributed by atoms with van der Waals surface area (Å²) in [7, 11) is 1.53. The molecule has 0 aromatic heterocycles. The molecule has 124 valence electrons. The van der Waals surface area contributed by atoms with Gasteiger partial charge in [0.15, 0.2) is 0 Å². The molecular weight excluding hydrogens is 297 g/mol. The largest absolute Gasteiger partial charge is 0.416 e. The summed E-state index contributed by atoms with van der Waals surface area (Å²) in [6, 6.07) is 3.79. The van der Waals surface area contributed by atoms with Crippen molar-refractivity contribution in [2.75, 3.05) is 13.6 Å². The fraction of sp³-hybridized carbons (Fsp3) is 0.533. The van der Waals surface area contributed by atoms with Crippen molar-refractivity contribution in [3.63, 3.8) is 0 Å². The minimum absolute atomic E-state index is 0.137. The number of benzene rings is 1. The zero-order valence-corrected chi connectivity index (χ0v) is 13.0. The van der Waals surface area contributed by atoms with Gasteiger partial charge in [0.2, 0.25) is 0 Å². The lowest BCUT2D eigenvalue weighted by molar-refractivity contribution is -0.137. The van der Waals surface area contributed by atoms with Crippen molar-refractivity contribution in [2.24, 2.45) is 0 Å². The van der Waals surface area contributed by atoms with Crippen LogP contribution in [0.4, 0.5) is 18.0 Å². The molecule has 0 aliphatic heterocycles. The molecular formula is C15H21F3N2O2. The molecule has 0 fully saturated rings. The van der Waals surface area contributed by atoms with E-state index in [2.05, 4.69) is 5.32 Å². The molecule has 0 aliphatic rings. The van der Waals surface area contributed by atoms with Gasteiger partial charge in [0, 0.05) is 7.05 Å². The highest BCUT2D eigenvalue weighted by Crippen LogP contribution is 2.29. The van der Waals surface area contributed by atoms with E-state index in [1.807, 2.05) is 0 Å². The lowest BCUT2D eigenvalue weighted by Crippen LogP contribution is -2.45. The van der Waals surface area contributed by atoms with Crippen LogP contribution in [0, 0.1) is 0 Å². The van der Waals surface area contributed by atoms with Gasteiger partial charge in [-0.25, -0.2) is 4.79 Å². The third kappa shape index (κ3) is 5.55. The normalized spacial score (nSPS) is 13.6. The number of halogens is 3. The Morgan fingerprint density at radius 3 is 2.18 bits per heavy atom. The maximum Gasteiger partial charge on any atom is 0.416 e. The van der Waals surface area contributed by atoms with Crippen LogP contribution in [0.15, 0.2) is 24.3 Å². The second-order valence-electron chi connectivity index (χ2n) is 5.96. The van der Waals surface area contributed by atoms with E-state index in [0.717, 1.165) is 12.1 Å². The van der Waals surface area contributed by atoms with E-state index in [1.54, 1.807) is 20.8 Å². The standard InChI is InChI=1S/C15H21F3N2O2/c1-10(19-13(21)20(4)9-14(2,3)22)11-5-7-12(8-6-11)15(16,17)18/h5-8,10,22H,9H2,1-4H3,(H,19,21). The predicted octanol–water partition coefficient (Wildman–Crippen LogP) is 3.18. The smallest absolute Gasteiger partial charge is 0.389 e. The van der Waals surface area contributed by atoms with E-state index in [0.29, 0.717) is 5.56 Å². The molecule has 1 rings (SSSR count). The zero-order valence-electron chi connectivity index (χ0n) is 13.0. The quantitative estimate of drug-likeness (QED) is 0.896. The number of carbonyl (C=O) groups is 1. The number of urea groups is 1. The monoisotopic (exact) mass is 318 g/mol. The Hall–Kier alpha value is -1.76. The second-order valence-corrected chi connectivity index (χ2v) is 5.96. The molecule has 0 spiro atoms. The highest BCUT2D eigenvalue weighted by atomic mass is 19.4. The molecule has 0 radical (unpaired) electrons. The molecule has 1 aromatic carbocycles. The van der Waals surface area contributed by atoms with Crippen LogP contribution in [0.2, 0.25) is 0 Å². The van der Waals surface area contributed by atoms with Gasteiger partial charge in [-0.3, -0.25) is 0 Å². The molecule has 7 heteroatoms. The summed E-state index contributed by atoms with van der Waals surface area (Å²) in [5.74, 6) is 0. The summed E-state index contributed by atoms with van der Waals surface area (Å²) in [4.78, 5) is 13.3. The van der Waals surface area contributed by atoms with Gasteiger partial charge in [-0.05, 0) is 38.5 Å². The number of carbonyl (C=O) groups excluding carboxylic acids is 1. The average molecular weight is 318 g/mol. The summed E-state index contributed by atoms with van der Waals surface area (Å²) < 4.78 is 37.5. The molecule has 2 amide bonds. The van der Waals surface area contributed by atoms with Gasteiger partial charge in [-0.15, -0.1) is 0 Å². The van der Waals surface area contributed by atoms with Gasteiger partial charge < -0.3 is 15.3 Å².